The zero-order chi connectivity index (χ0) is 12.9. The van der Waals surface area contributed by atoms with Gasteiger partial charge < -0.3 is 4.74 Å². The van der Waals surface area contributed by atoms with Crippen LogP contribution in [0.25, 0.3) is 0 Å². The van der Waals surface area contributed by atoms with Gasteiger partial charge in [-0.2, -0.15) is 0 Å². The molecule has 0 heterocycles. The Labute approximate surface area is 104 Å². The summed E-state index contributed by atoms with van der Waals surface area (Å²) >= 11 is 0. The number of carbonyl (C=O) groups excluding carboxylic acids is 1. The first kappa shape index (κ1) is 13.7. The molecule has 0 N–H and O–H groups in total. The predicted molar refractivity (Wildman–Crippen MR) is 74.4 cm³/mol. The summed E-state index contributed by atoms with van der Waals surface area (Å²) in [5, 5.41) is 0. The third kappa shape index (κ3) is 4.19. The first-order chi connectivity index (χ1) is 7.98. The Kier molecular flexibility index (Phi) is 4.69. The van der Waals surface area contributed by atoms with Crippen LogP contribution < -0.4 is 4.74 Å². The summed E-state index contributed by atoms with van der Waals surface area (Å²) in [5.41, 5.74) is 2.80. The molecule has 0 radical (unpaired) electrons. The molecule has 0 aromatic heterocycles. The molecule has 0 spiro atoms. The molecular weight excluding hydrogens is 228 g/mol. The van der Waals surface area contributed by atoms with Gasteiger partial charge in [0.2, 0.25) is 0 Å². The zero-order valence-corrected chi connectivity index (χ0v) is 11.8. The molecule has 0 aliphatic heterocycles. The molecule has 1 rings (SSSR count). The highest BCUT2D eigenvalue weighted by atomic mass is 28.3. The van der Waals surface area contributed by atoms with Gasteiger partial charge in [0.05, 0.1) is 15.2 Å². The van der Waals surface area contributed by atoms with Crippen molar-refractivity contribution in [2.24, 2.45) is 0 Å². The van der Waals surface area contributed by atoms with E-state index >= 15 is 0 Å². The van der Waals surface area contributed by atoms with Gasteiger partial charge in [-0.15, -0.1) is 12.3 Å². The van der Waals surface area contributed by atoms with Crippen LogP contribution in [-0.2, 0) is 0 Å². The van der Waals surface area contributed by atoms with Crippen molar-refractivity contribution in [2.45, 2.75) is 25.6 Å². The molecule has 3 heteroatoms. The first-order valence-corrected chi connectivity index (χ1v) is 9.08. The Morgan fingerprint density at radius 1 is 1.35 bits per heavy atom. The number of carbonyl (C=O) groups is 1. The fraction of sp³-hybridized carbons (Fsp3) is 0.357. The molecule has 0 unspecified atom stereocenters. The average Bonchev–Trinajstić information content (AvgIpc) is 2.36. The highest BCUT2D eigenvalue weighted by Gasteiger charge is 2.18. The molecular formula is C14H20O2Si. The Bertz CT molecular complexity index is 393. The SMILES string of the molecule is C=C[Si](C)(C)CCC(=O)c1ccc(OC)cc1. The largest absolute Gasteiger partial charge is 0.497 e. The zero-order valence-electron chi connectivity index (χ0n) is 10.8. The molecule has 0 fully saturated rings. The quantitative estimate of drug-likeness (QED) is 0.567. The van der Waals surface area contributed by atoms with Crippen LogP contribution in [0.2, 0.25) is 19.1 Å². The molecule has 2 nitrogen and oxygen atoms in total. The van der Waals surface area contributed by atoms with Crippen molar-refractivity contribution in [1.82, 2.24) is 0 Å². The number of hydrogen-bond donors (Lipinski definition) is 0. The van der Waals surface area contributed by atoms with Crippen molar-refractivity contribution in [3.05, 3.63) is 42.1 Å². The number of Topliss-reactive ketones (excluding diaryl/α,β-unsaturated/α-hetero) is 1. The predicted octanol–water partition coefficient (Wildman–Crippen LogP) is 3.70. The normalized spacial score (nSPS) is 11.0. The minimum atomic E-state index is -1.37. The number of ketones is 1. The second-order valence-corrected chi connectivity index (χ2v) is 9.73. The van der Waals surface area contributed by atoms with Gasteiger partial charge in [0.15, 0.2) is 5.78 Å². The van der Waals surface area contributed by atoms with E-state index in [0.29, 0.717) is 6.42 Å². The molecule has 17 heavy (non-hydrogen) atoms. The molecule has 0 amide bonds. The van der Waals surface area contributed by atoms with Crippen LogP contribution in [-0.4, -0.2) is 21.0 Å². The topological polar surface area (TPSA) is 26.3 Å². The Morgan fingerprint density at radius 2 is 1.94 bits per heavy atom. The second-order valence-electron chi connectivity index (χ2n) is 4.84. The second kappa shape index (κ2) is 5.82. The highest BCUT2D eigenvalue weighted by Crippen LogP contribution is 2.17. The lowest BCUT2D eigenvalue weighted by atomic mass is 10.1. The van der Waals surface area contributed by atoms with Gasteiger partial charge in [0.25, 0.3) is 0 Å². The van der Waals surface area contributed by atoms with Crippen LogP contribution in [0, 0.1) is 0 Å². The number of rotatable bonds is 6. The molecule has 0 aliphatic carbocycles. The number of benzene rings is 1. The van der Waals surface area contributed by atoms with Crippen molar-refractivity contribution in [3.63, 3.8) is 0 Å². The van der Waals surface area contributed by atoms with Crippen LogP contribution in [0.15, 0.2) is 36.5 Å². The molecule has 0 bridgehead atoms. The lowest BCUT2D eigenvalue weighted by Gasteiger charge is -2.16. The van der Waals surface area contributed by atoms with Gasteiger partial charge in [-0.25, -0.2) is 0 Å². The van der Waals surface area contributed by atoms with E-state index < -0.39 is 8.07 Å². The summed E-state index contributed by atoms with van der Waals surface area (Å²) in [4.78, 5) is 12.0. The van der Waals surface area contributed by atoms with Gasteiger partial charge in [-0.1, -0.05) is 13.1 Å². The van der Waals surface area contributed by atoms with E-state index in [0.717, 1.165) is 17.4 Å². The summed E-state index contributed by atoms with van der Waals surface area (Å²) in [5.74, 6) is 0.984. The van der Waals surface area contributed by atoms with E-state index in [1.165, 1.54) is 0 Å². The van der Waals surface area contributed by atoms with Crippen LogP contribution in [0.3, 0.4) is 0 Å². The van der Waals surface area contributed by atoms with Crippen LogP contribution in [0.5, 0.6) is 5.75 Å². The Hall–Kier alpha value is -1.35. The molecule has 1 aromatic rings. The van der Waals surface area contributed by atoms with Crippen molar-refractivity contribution in [3.8, 4) is 5.75 Å². The smallest absolute Gasteiger partial charge is 0.162 e. The maximum Gasteiger partial charge on any atom is 0.162 e. The summed E-state index contributed by atoms with van der Waals surface area (Å²) in [7, 11) is 0.248. The van der Waals surface area contributed by atoms with Crippen molar-refractivity contribution >= 4 is 13.9 Å². The average molecular weight is 248 g/mol. The van der Waals surface area contributed by atoms with E-state index in [4.69, 9.17) is 4.74 Å². The van der Waals surface area contributed by atoms with Crippen molar-refractivity contribution < 1.29 is 9.53 Å². The fourth-order valence-electron chi connectivity index (χ4n) is 1.46. The standard InChI is InChI=1S/C14H20O2Si/c1-5-17(3,4)11-10-14(15)12-6-8-13(16-2)9-7-12/h5-9H,1,10-11H2,2-4H3. The highest BCUT2D eigenvalue weighted by molar-refractivity contribution is 6.82. The third-order valence-electron chi connectivity index (χ3n) is 2.96. The van der Waals surface area contributed by atoms with Gasteiger partial charge in [-0.05, 0) is 30.3 Å². The Morgan fingerprint density at radius 3 is 2.41 bits per heavy atom. The van der Waals surface area contributed by atoms with Gasteiger partial charge in [0.1, 0.15) is 5.75 Å². The van der Waals surface area contributed by atoms with Crippen molar-refractivity contribution in [1.29, 1.82) is 0 Å². The minimum absolute atomic E-state index is 0.204. The van der Waals surface area contributed by atoms with Crippen LogP contribution in [0.4, 0.5) is 0 Å². The third-order valence-corrected chi connectivity index (χ3v) is 5.60. The summed E-state index contributed by atoms with van der Waals surface area (Å²) in [6.45, 7) is 8.29. The summed E-state index contributed by atoms with van der Waals surface area (Å²) in [6.07, 6.45) is 0.609. The van der Waals surface area contributed by atoms with E-state index in [2.05, 4.69) is 19.7 Å². The summed E-state index contributed by atoms with van der Waals surface area (Å²) in [6, 6.07) is 8.25. The maximum atomic E-state index is 12.0. The minimum Gasteiger partial charge on any atom is -0.497 e. The van der Waals surface area contributed by atoms with E-state index in [-0.39, 0.29) is 5.78 Å². The molecule has 0 aliphatic rings. The Balaban J connectivity index is 2.61. The van der Waals surface area contributed by atoms with E-state index in [9.17, 15) is 4.79 Å². The molecule has 0 saturated heterocycles. The number of ether oxygens (including phenoxy) is 1. The van der Waals surface area contributed by atoms with E-state index in [1.807, 2.05) is 30.0 Å². The summed E-state index contributed by atoms with van der Waals surface area (Å²) < 4.78 is 5.06. The van der Waals surface area contributed by atoms with Crippen LogP contribution >= 0.6 is 0 Å². The monoisotopic (exact) mass is 248 g/mol. The van der Waals surface area contributed by atoms with Gasteiger partial charge in [-0.3, -0.25) is 4.79 Å². The lowest BCUT2D eigenvalue weighted by molar-refractivity contribution is 0.0988. The molecule has 92 valence electrons. The molecule has 1 aromatic carbocycles. The number of hydrogen-bond acceptors (Lipinski definition) is 2. The lowest BCUT2D eigenvalue weighted by Crippen LogP contribution is -2.22. The first-order valence-electron chi connectivity index (χ1n) is 5.79. The van der Waals surface area contributed by atoms with E-state index in [1.54, 1.807) is 7.11 Å². The maximum absolute atomic E-state index is 12.0. The number of methoxy groups -OCH3 is 1. The van der Waals surface area contributed by atoms with Gasteiger partial charge in [0, 0.05) is 12.0 Å². The van der Waals surface area contributed by atoms with Crippen molar-refractivity contribution in [2.75, 3.05) is 7.11 Å². The van der Waals surface area contributed by atoms with Gasteiger partial charge >= 0.3 is 0 Å². The fourth-order valence-corrected chi connectivity index (χ4v) is 2.53. The molecule has 0 atom stereocenters. The van der Waals surface area contributed by atoms with Crippen LogP contribution in [0.1, 0.15) is 16.8 Å². The molecule has 0 saturated carbocycles.